The van der Waals surface area contributed by atoms with Gasteiger partial charge >= 0.3 is 12.1 Å². The molecule has 0 aromatic rings. The van der Waals surface area contributed by atoms with Gasteiger partial charge in [0.25, 0.3) is 0 Å². The number of imide groups is 1. The highest BCUT2D eigenvalue weighted by Crippen LogP contribution is 1.56. The standard InChI is InChI=1S/C3H8.C2H5N3O2/c1-3-2;3-1(6)5-2(4)7/h3H2,1-2H3;(H5,3,4,5,6,7). The predicted molar refractivity (Wildman–Crippen MR) is 38.3 cm³/mol. The van der Waals surface area contributed by atoms with Gasteiger partial charge in [0.1, 0.15) is 0 Å². The molecule has 0 aliphatic rings. The Morgan fingerprint density at radius 2 is 1.40 bits per heavy atom. The number of hydrogen-bond acceptors (Lipinski definition) is 2. The first-order valence-corrected chi connectivity index (χ1v) is 2.90. The summed E-state index contributed by atoms with van der Waals surface area (Å²) in [7, 11) is 0. The molecule has 4 amide bonds. The first-order valence-electron chi connectivity index (χ1n) is 2.90. The van der Waals surface area contributed by atoms with Crippen molar-refractivity contribution < 1.29 is 9.59 Å². The van der Waals surface area contributed by atoms with Gasteiger partial charge in [0, 0.05) is 0 Å². The van der Waals surface area contributed by atoms with Gasteiger partial charge in [0.05, 0.1) is 0 Å². The molecule has 0 unspecified atom stereocenters. The van der Waals surface area contributed by atoms with E-state index in [9.17, 15) is 9.59 Å². The number of carbonyl (C=O) groups is 2. The molecule has 0 aromatic heterocycles. The zero-order chi connectivity index (χ0) is 8.57. The molecular weight excluding hydrogens is 134 g/mol. The van der Waals surface area contributed by atoms with Gasteiger partial charge in [-0.15, -0.1) is 0 Å². The van der Waals surface area contributed by atoms with E-state index in [4.69, 9.17) is 0 Å². The molecule has 0 aliphatic heterocycles. The number of primary amides is 2. The summed E-state index contributed by atoms with van der Waals surface area (Å²) in [6.45, 7) is 4.25. The van der Waals surface area contributed by atoms with Gasteiger partial charge < -0.3 is 11.5 Å². The van der Waals surface area contributed by atoms with Crippen molar-refractivity contribution in [1.29, 1.82) is 0 Å². The summed E-state index contributed by atoms with van der Waals surface area (Å²) in [5.41, 5.74) is 8.88. The fourth-order valence-electron chi connectivity index (χ4n) is 0.121. The van der Waals surface area contributed by atoms with Gasteiger partial charge in [-0.2, -0.15) is 0 Å². The van der Waals surface area contributed by atoms with Crippen LogP contribution in [0.1, 0.15) is 20.3 Å². The highest BCUT2D eigenvalue weighted by atomic mass is 16.2. The average Bonchev–Trinajstić information content (AvgIpc) is 1.62. The van der Waals surface area contributed by atoms with E-state index in [0.717, 1.165) is 0 Å². The van der Waals surface area contributed by atoms with Crippen LogP contribution in [-0.2, 0) is 0 Å². The Balaban J connectivity index is 0. The normalized spacial score (nSPS) is 7.00. The van der Waals surface area contributed by atoms with E-state index in [1.807, 2.05) is 0 Å². The van der Waals surface area contributed by atoms with Crippen LogP contribution in [0.2, 0.25) is 0 Å². The predicted octanol–water partition coefficient (Wildman–Crippen LogP) is 0.150. The summed E-state index contributed by atoms with van der Waals surface area (Å²) in [5.74, 6) is 0. The smallest absolute Gasteiger partial charge is 0.320 e. The zero-order valence-corrected chi connectivity index (χ0v) is 6.18. The van der Waals surface area contributed by atoms with Crippen molar-refractivity contribution in [3.8, 4) is 0 Å². The van der Waals surface area contributed by atoms with E-state index < -0.39 is 12.1 Å². The van der Waals surface area contributed by atoms with Crippen LogP contribution < -0.4 is 16.8 Å². The van der Waals surface area contributed by atoms with E-state index in [0.29, 0.717) is 0 Å². The first kappa shape index (κ1) is 11.5. The first-order chi connectivity index (χ1) is 4.54. The largest absolute Gasteiger partial charge is 0.351 e. The number of nitrogens with one attached hydrogen (secondary N) is 1. The Kier molecular flexibility index (Phi) is 8.92. The lowest BCUT2D eigenvalue weighted by molar-refractivity contribution is 0.236. The second-order valence-corrected chi connectivity index (χ2v) is 1.56. The second-order valence-electron chi connectivity index (χ2n) is 1.56. The van der Waals surface area contributed by atoms with Gasteiger partial charge in [-0.1, -0.05) is 20.3 Å². The molecule has 0 fully saturated rings. The Morgan fingerprint density at radius 1 is 1.20 bits per heavy atom. The van der Waals surface area contributed by atoms with Crippen molar-refractivity contribution in [2.75, 3.05) is 0 Å². The number of hydrogen-bond donors (Lipinski definition) is 3. The number of nitrogens with two attached hydrogens (primary N) is 2. The highest BCUT2D eigenvalue weighted by molar-refractivity contribution is 5.91. The maximum atomic E-state index is 9.62. The molecule has 5 heteroatoms. The van der Waals surface area contributed by atoms with E-state index in [2.05, 4.69) is 25.3 Å². The van der Waals surface area contributed by atoms with E-state index in [1.54, 1.807) is 5.32 Å². The Bertz CT molecular complexity index is 101. The molecule has 0 heterocycles. The van der Waals surface area contributed by atoms with Gasteiger partial charge in [0.15, 0.2) is 0 Å². The molecule has 10 heavy (non-hydrogen) atoms. The molecule has 0 saturated heterocycles. The fourth-order valence-corrected chi connectivity index (χ4v) is 0.121. The quantitative estimate of drug-likeness (QED) is 0.454. The van der Waals surface area contributed by atoms with Gasteiger partial charge in [0.2, 0.25) is 0 Å². The fraction of sp³-hybridized carbons (Fsp3) is 0.600. The van der Waals surface area contributed by atoms with Crippen molar-refractivity contribution in [3.63, 3.8) is 0 Å². The summed E-state index contributed by atoms with van der Waals surface area (Å²) in [6.07, 6.45) is 1.25. The summed E-state index contributed by atoms with van der Waals surface area (Å²) in [6, 6.07) is -1.88. The van der Waals surface area contributed by atoms with Crippen molar-refractivity contribution in [3.05, 3.63) is 0 Å². The van der Waals surface area contributed by atoms with E-state index in [1.165, 1.54) is 6.42 Å². The van der Waals surface area contributed by atoms with Crippen molar-refractivity contribution in [2.24, 2.45) is 11.5 Å². The third kappa shape index (κ3) is 29.6. The molecule has 0 atom stereocenters. The molecule has 0 spiro atoms. The number of rotatable bonds is 0. The van der Waals surface area contributed by atoms with Crippen LogP contribution in [0.15, 0.2) is 0 Å². The van der Waals surface area contributed by atoms with Crippen LogP contribution in [0.3, 0.4) is 0 Å². The van der Waals surface area contributed by atoms with Gasteiger partial charge in [-0.3, -0.25) is 5.32 Å². The minimum Gasteiger partial charge on any atom is -0.351 e. The Hall–Kier alpha value is -1.26. The molecule has 0 aromatic carbocycles. The third-order valence-electron chi connectivity index (χ3n) is 0.246. The molecule has 60 valence electrons. The number of amides is 4. The van der Waals surface area contributed by atoms with Gasteiger partial charge in [-0.25, -0.2) is 9.59 Å². The maximum Gasteiger partial charge on any atom is 0.320 e. The molecule has 5 N–H and O–H groups in total. The lowest BCUT2D eigenvalue weighted by Gasteiger charge is -1.88. The topological polar surface area (TPSA) is 98.2 Å². The van der Waals surface area contributed by atoms with Crippen LogP contribution >= 0.6 is 0 Å². The lowest BCUT2D eigenvalue weighted by Crippen LogP contribution is -2.38. The Labute approximate surface area is 59.8 Å². The molecule has 5 nitrogen and oxygen atoms in total. The lowest BCUT2D eigenvalue weighted by atomic mass is 10.6. The van der Waals surface area contributed by atoms with Crippen molar-refractivity contribution in [2.45, 2.75) is 20.3 Å². The van der Waals surface area contributed by atoms with Crippen LogP contribution in [0, 0.1) is 0 Å². The van der Waals surface area contributed by atoms with Crippen LogP contribution in [-0.4, -0.2) is 12.1 Å². The minimum atomic E-state index is -0.938. The van der Waals surface area contributed by atoms with Crippen molar-refractivity contribution in [1.82, 2.24) is 5.32 Å². The SMILES string of the molecule is CCC.NC(=O)NC(N)=O. The molecule has 0 aliphatic carbocycles. The minimum absolute atomic E-state index is 0.937. The third-order valence-corrected chi connectivity index (χ3v) is 0.246. The molecule has 0 bridgehead atoms. The van der Waals surface area contributed by atoms with Gasteiger partial charge in [-0.05, 0) is 0 Å². The second kappa shape index (κ2) is 7.74. The van der Waals surface area contributed by atoms with E-state index >= 15 is 0 Å². The van der Waals surface area contributed by atoms with Crippen LogP contribution in [0.25, 0.3) is 0 Å². The highest BCUT2D eigenvalue weighted by Gasteiger charge is 1.92. The summed E-state index contributed by atoms with van der Waals surface area (Å²) in [5, 5.41) is 1.58. The summed E-state index contributed by atoms with van der Waals surface area (Å²) >= 11 is 0. The average molecular weight is 147 g/mol. The summed E-state index contributed by atoms with van der Waals surface area (Å²) < 4.78 is 0. The molecular formula is C5H13N3O2. The summed E-state index contributed by atoms with van der Waals surface area (Å²) in [4.78, 5) is 19.2. The van der Waals surface area contributed by atoms with E-state index in [-0.39, 0.29) is 0 Å². The zero-order valence-electron chi connectivity index (χ0n) is 6.18. The van der Waals surface area contributed by atoms with Crippen molar-refractivity contribution >= 4 is 12.1 Å². The number of carbonyl (C=O) groups excluding carboxylic acids is 2. The monoisotopic (exact) mass is 147 g/mol. The molecule has 0 saturated carbocycles. The van der Waals surface area contributed by atoms with Crippen LogP contribution in [0.5, 0.6) is 0 Å². The number of urea groups is 2. The Morgan fingerprint density at radius 3 is 1.40 bits per heavy atom. The van der Waals surface area contributed by atoms with Crippen LogP contribution in [0.4, 0.5) is 9.59 Å². The molecule has 0 rings (SSSR count). The maximum absolute atomic E-state index is 9.62. The molecule has 0 radical (unpaired) electrons.